The number of aliphatic hydroxyl groups excluding tert-OH is 2. The Bertz CT molecular complexity index is 727. The Morgan fingerprint density at radius 1 is 1.03 bits per heavy atom. The summed E-state index contributed by atoms with van der Waals surface area (Å²) in [6, 6.07) is 0. The molecule has 4 N–H and O–H groups in total. The Labute approximate surface area is 192 Å². The van der Waals surface area contributed by atoms with Crippen molar-refractivity contribution in [3.8, 4) is 0 Å². The van der Waals surface area contributed by atoms with Crippen molar-refractivity contribution in [2.24, 2.45) is 46.3 Å². The molecule has 10 atom stereocenters. The minimum atomic E-state index is -1.02. The van der Waals surface area contributed by atoms with Crippen LogP contribution in [-0.4, -0.2) is 45.9 Å². The van der Waals surface area contributed by atoms with Gasteiger partial charge in [-0.05, 0) is 104 Å². The van der Waals surface area contributed by atoms with Gasteiger partial charge in [0.2, 0.25) is 5.91 Å². The second kappa shape index (κ2) is 8.90. The molecule has 0 radical (unpaired) electrons. The Kier molecular flexibility index (Phi) is 6.68. The third-order valence-electron chi connectivity index (χ3n) is 10.8. The zero-order valence-electron chi connectivity index (χ0n) is 20.1. The number of aliphatic hydroxyl groups is 2. The van der Waals surface area contributed by atoms with E-state index < -0.39 is 5.97 Å². The van der Waals surface area contributed by atoms with Crippen LogP contribution >= 0.6 is 0 Å². The van der Waals surface area contributed by atoms with Gasteiger partial charge in [0.25, 0.3) is 0 Å². The number of hydrogen-bond donors (Lipinski definition) is 4. The molecule has 0 aromatic rings. The smallest absolute Gasteiger partial charge is 0.322 e. The van der Waals surface area contributed by atoms with E-state index in [4.69, 9.17) is 5.11 Å². The van der Waals surface area contributed by atoms with Crippen molar-refractivity contribution in [3.05, 3.63) is 0 Å². The van der Waals surface area contributed by atoms with Crippen LogP contribution in [0, 0.1) is 46.3 Å². The number of nitrogens with one attached hydrogen (secondary N) is 1. The van der Waals surface area contributed by atoms with Gasteiger partial charge in [-0.15, -0.1) is 0 Å². The molecule has 4 saturated carbocycles. The third kappa shape index (κ3) is 4.00. The molecule has 6 nitrogen and oxygen atoms in total. The largest absolute Gasteiger partial charge is 0.480 e. The lowest BCUT2D eigenvalue weighted by atomic mass is 9.43. The highest BCUT2D eigenvalue weighted by molar-refractivity contribution is 5.81. The van der Waals surface area contributed by atoms with Crippen molar-refractivity contribution in [2.45, 2.75) is 97.2 Å². The Balaban J connectivity index is 1.45. The highest BCUT2D eigenvalue weighted by Crippen LogP contribution is 2.68. The van der Waals surface area contributed by atoms with Crippen LogP contribution in [0.1, 0.15) is 85.0 Å². The van der Waals surface area contributed by atoms with E-state index in [1.807, 2.05) is 0 Å². The van der Waals surface area contributed by atoms with Crippen LogP contribution in [-0.2, 0) is 9.59 Å². The predicted octanol–water partition coefficient (Wildman–Crippen LogP) is 3.59. The van der Waals surface area contributed by atoms with Gasteiger partial charge in [0.1, 0.15) is 6.54 Å². The van der Waals surface area contributed by atoms with Gasteiger partial charge in [-0.2, -0.15) is 0 Å². The summed E-state index contributed by atoms with van der Waals surface area (Å²) in [6.07, 6.45) is 9.12. The van der Waals surface area contributed by atoms with E-state index in [-0.39, 0.29) is 35.5 Å². The van der Waals surface area contributed by atoms with Crippen molar-refractivity contribution < 1.29 is 24.9 Å². The number of fused-ring (bicyclic) bond motifs is 5. The summed E-state index contributed by atoms with van der Waals surface area (Å²) < 4.78 is 0. The lowest BCUT2D eigenvalue weighted by molar-refractivity contribution is -0.175. The van der Waals surface area contributed by atoms with Crippen LogP contribution < -0.4 is 5.32 Å². The molecule has 0 heterocycles. The van der Waals surface area contributed by atoms with E-state index in [1.165, 1.54) is 12.8 Å². The fraction of sp³-hybridized carbons (Fsp3) is 0.923. The van der Waals surface area contributed by atoms with E-state index in [2.05, 4.69) is 26.1 Å². The molecule has 0 aromatic heterocycles. The first-order valence-electron chi connectivity index (χ1n) is 12.9. The number of hydrogen-bond acceptors (Lipinski definition) is 4. The lowest BCUT2D eigenvalue weighted by Crippen LogP contribution is -2.58. The van der Waals surface area contributed by atoms with Gasteiger partial charge in [0, 0.05) is 6.42 Å². The number of rotatable bonds is 6. The highest BCUT2D eigenvalue weighted by atomic mass is 16.4. The zero-order valence-corrected chi connectivity index (χ0v) is 20.1. The molecular formula is C26H43NO5. The molecule has 182 valence electrons. The number of carbonyl (C=O) groups excluding carboxylic acids is 1. The molecule has 0 saturated heterocycles. The minimum absolute atomic E-state index is 0.102. The van der Waals surface area contributed by atoms with Gasteiger partial charge in [0.05, 0.1) is 12.2 Å². The quantitative estimate of drug-likeness (QED) is 0.496. The van der Waals surface area contributed by atoms with Crippen LogP contribution in [0.25, 0.3) is 0 Å². The fourth-order valence-electron chi connectivity index (χ4n) is 8.98. The molecule has 0 aromatic carbocycles. The summed E-state index contributed by atoms with van der Waals surface area (Å²) in [6.45, 7) is 6.65. The van der Waals surface area contributed by atoms with Gasteiger partial charge >= 0.3 is 5.97 Å². The van der Waals surface area contributed by atoms with Gasteiger partial charge in [-0.3, -0.25) is 9.59 Å². The number of carbonyl (C=O) groups is 2. The first-order chi connectivity index (χ1) is 15.1. The maximum Gasteiger partial charge on any atom is 0.322 e. The van der Waals surface area contributed by atoms with Crippen molar-refractivity contribution in [3.63, 3.8) is 0 Å². The molecule has 0 bridgehead atoms. The van der Waals surface area contributed by atoms with Crippen molar-refractivity contribution >= 4 is 11.9 Å². The molecule has 0 aliphatic heterocycles. The summed E-state index contributed by atoms with van der Waals surface area (Å²) in [5.74, 6) is 1.84. The maximum absolute atomic E-state index is 12.0. The molecule has 1 amide bonds. The third-order valence-corrected chi connectivity index (χ3v) is 10.8. The standard InChI is InChI=1S/C26H43NO5/c1-15(4-9-23(30)27-14-24(31)32)19-7-8-20-18-6-5-16-12-17(28)10-11-25(16,2)21(18)13-22(29)26(19,20)3/h15-22,28-29H,4-14H2,1-3H3,(H,27,30)(H,31,32)/t15-,16-,17-,18+,19-,20+,21+,22+,25-,26-/m0/s1. The first kappa shape index (κ1) is 24.0. The average Bonchev–Trinajstić information content (AvgIpc) is 3.10. The van der Waals surface area contributed by atoms with E-state index in [0.29, 0.717) is 41.9 Å². The molecule has 4 aliphatic carbocycles. The van der Waals surface area contributed by atoms with Crippen LogP contribution in [0.2, 0.25) is 0 Å². The van der Waals surface area contributed by atoms with E-state index in [1.54, 1.807) is 0 Å². The van der Waals surface area contributed by atoms with Gasteiger partial charge in [0.15, 0.2) is 0 Å². The van der Waals surface area contributed by atoms with Crippen LogP contribution in [0.5, 0.6) is 0 Å². The van der Waals surface area contributed by atoms with Gasteiger partial charge in [-0.25, -0.2) is 0 Å². The summed E-state index contributed by atoms with van der Waals surface area (Å²) in [4.78, 5) is 22.7. The van der Waals surface area contributed by atoms with E-state index in [0.717, 1.165) is 44.9 Å². The van der Waals surface area contributed by atoms with Crippen LogP contribution in [0.15, 0.2) is 0 Å². The van der Waals surface area contributed by atoms with Gasteiger partial charge < -0.3 is 20.6 Å². The second-order valence-corrected chi connectivity index (χ2v) is 12.1. The van der Waals surface area contributed by atoms with E-state index >= 15 is 0 Å². The summed E-state index contributed by atoms with van der Waals surface area (Å²) >= 11 is 0. The number of aliphatic carboxylic acids is 1. The average molecular weight is 450 g/mol. The minimum Gasteiger partial charge on any atom is -0.480 e. The topological polar surface area (TPSA) is 107 Å². The SMILES string of the molecule is C[C@@H](CCC(=O)NCC(=O)O)[C@@H]1CC[C@@H]2[C@H]3CC[C@H]4C[C@@H](O)CC[C@]4(C)[C@@H]3C[C@@H](O)[C@]21C. The number of carboxylic acids is 1. The zero-order chi connectivity index (χ0) is 23.3. The molecule has 4 rings (SSSR count). The predicted molar refractivity (Wildman–Crippen MR) is 122 cm³/mol. The van der Waals surface area contributed by atoms with Crippen LogP contribution in [0.4, 0.5) is 0 Å². The molecule has 4 aliphatic rings. The summed E-state index contributed by atoms with van der Waals surface area (Å²) in [7, 11) is 0. The fourth-order valence-corrected chi connectivity index (χ4v) is 8.98. The van der Waals surface area contributed by atoms with E-state index in [9.17, 15) is 19.8 Å². The molecule has 0 spiro atoms. The maximum atomic E-state index is 12.0. The lowest BCUT2D eigenvalue weighted by Gasteiger charge is -2.62. The Morgan fingerprint density at radius 2 is 1.78 bits per heavy atom. The molecule has 32 heavy (non-hydrogen) atoms. The summed E-state index contributed by atoms with van der Waals surface area (Å²) in [5.41, 5.74) is 0.145. The Morgan fingerprint density at radius 3 is 2.50 bits per heavy atom. The number of carboxylic acid groups (broad SMARTS) is 1. The Hall–Kier alpha value is -1.14. The molecular weight excluding hydrogens is 406 g/mol. The molecule has 4 fully saturated rings. The first-order valence-corrected chi connectivity index (χ1v) is 12.9. The second-order valence-electron chi connectivity index (χ2n) is 12.1. The monoisotopic (exact) mass is 449 g/mol. The van der Waals surface area contributed by atoms with Crippen molar-refractivity contribution in [1.29, 1.82) is 0 Å². The van der Waals surface area contributed by atoms with Crippen molar-refractivity contribution in [2.75, 3.05) is 6.54 Å². The van der Waals surface area contributed by atoms with Gasteiger partial charge in [-0.1, -0.05) is 20.8 Å². The van der Waals surface area contributed by atoms with Crippen molar-refractivity contribution in [1.82, 2.24) is 5.32 Å². The molecule has 0 unspecified atom stereocenters. The summed E-state index contributed by atoms with van der Waals surface area (Å²) in [5, 5.41) is 33.0. The van der Waals surface area contributed by atoms with Crippen LogP contribution in [0.3, 0.4) is 0 Å². The highest BCUT2D eigenvalue weighted by Gasteiger charge is 2.63. The molecule has 6 heteroatoms. The number of amides is 1. The normalized spacial score (nSPS) is 46.5.